The molecule has 2 N–H and O–H groups in total. The van der Waals surface area contributed by atoms with Gasteiger partial charge in [-0.3, -0.25) is 0 Å². The Kier molecular flexibility index (Phi) is 4.33. The number of nitrogens with two attached hydrogens (primary N) is 1. The normalized spacial score (nSPS) is 26.0. The second kappa shape index (κ2) is 5.79. The molecular weight excluding hydrogens is 227 g/mol. The molecule has 3 heteroatoms. The van der Waals surface area contributed by atoms with E-state index in [4.69, 9.17) is 5.73 Å². The van der Waals surface area contributed by atoms with Crippen LogP contribution in [0.5, 0.6) is 0 Å². The Labute approximate surface area is 109 Å². The number of halogens is 1. The Morgan fingerprint density at radius 1 is 1.39 bits per heavy atom. The molecule has 1 aliphatic carbocycles. The van der Waals surface area contributed by atoms with Gasteiger partial charge in [-0.25, -0.2) is 4.98 Å². The molecule has 1 fully saturated rings. The minimum absolute atomic E-state index is 0.320. The number of aromatic nitrogens is 1. The SMILES string of the molecule is CCC(N)[C@H]1CC[C@H](c2ccnc(F)c2C)CC1. The molecule has 1 saturated carbocycles. The zero-order chi connectivity index (χ0) is 13.1. The highest BCUT2D eigenvalue weighted by molar-refractivity contribution is 5.27. The van der Waals surface area contributed by atoms with Crippen molar-refractivity contribution in [2.75, 3.05) is 0 Å². The number of pyridine rings is 1. The summed E-state index contributed by atoms with van der Waals surface area (Å²) >= 11 is 0. The van der Waals surface area contributed by atoms with Crippen molar-refractivity contribution in [1.82, 2.24) is 4.98 Å². The third-order valence-corrected chi connectivity index (χ3v) is 4.47. The standard InChI is InChI=1S/C15H23FN2/c1-3-14(17)12-6-4-11(5-7-12)13-8-9-18-15(16)10(13)2/h8-9,11-12,14H,3-7,17H2,1-2H3/t11-,12-,14?. The van der Waals surface area contributed by atoms with E-state index < -0.39 is 0 Å². The van der Waals surface area contributed by atoms with Crippen LogP contribution in [-0.4, -0.2) is 11.0 Å². The lowest BCUT2D eigenvalue weighted by Crippen LogP contribution is -2.32. The number of hydrogen-bond acceptors (Lipinski definition) is 2. The van der Waals surface area contributed by atoms with Gasteiger partial charge >= 0.3 is 0 Å². The predicted molar refractivity (Wildman–Crippen MR) is 71.9 cm³/mol. The summed E-state index contributed by atoms with van der Waals surface area (Å²) in [7, 11) is 0. The average molecular weight is 250 g/mol. The molecule has 0 bridgehead atoms. The van der Waals surface area contributed by atoms with E-state index >= 15 is 0 Å². The van der Waals surface area contributed by atoms with Crippen LogP contribution in [0.2, 0.25) is 0 Å². The van der Waals surface area contributed by atoms with E-state index in [2.05, 4.69) is 11.9 Å². The molecule has 0 amide bonds. The number of rotatable bonds is 3. The smallest absolute Gasteiger partial charge is 0.216 e. The molecule has 0 aromatic carbocycles. The first-order valence-electron chi connectivity index (χ1n) is 7.00. The molecule has 100 valence electrons. The van der Waals surface area contributed by atoms with Gasteiger partial charge in [-0.05, 0) is 62.5 Å². The van der Waals surface area contributed by atoms with Gasteiger partial charge in [0.25, 0.3) is 0 Å². The second-order valence-corrected chi connectivity index (χ2v) is 5.50. The molecule has 1 aliphatic rings. The van der Waals surface area contributed by atoms with Crippen LogP contribution in [0, 0.1) is 18.8 Å². The summed E-state index contributed by atoms with van der Waals surface area (Å²) in [6.07, 6.45) is 7.23. The summed E-state index contributed by atoms with van der Waals surface area (Å²) in [4.78, 5) is 3.70. The Balaban J connectivity index is 2.03. The van der Waals surface area contributed by atoms with Crippen molar-refractivity contribution < 1.29 is 4.39 Å². The van der Waals surface area contributed by atoms with Gasteiger partial charge in [0.2, 0.25) is 5.95 Å². The maximum atomic E-state index is 13.5. The summed E-state index contributed by atoms with van der Waals surface area (Å²) in [5.74, 6) is 0.820. The Morgan fingerprint density at radius 3 is 2.67 bits per heavy atom. The van der Waals surface area contributed by atoms with Gasteiger partial charge in [0.1, 0.15) is 0 Å². The minimum Gasteiger partial charge on any atom is -0.327 e. The topological polar surface area (TPSA) is 38.9 Å². The monoisotopic (exact) mass is 250 g/mol. The van der Waals surface area contributed by atoms with E-state index in [9.17, 15) is 4.39 Å². The molecule has 0 saturated heterocycles. The molecule has 1 aromatic rings. The lowest BCUT2D eigenvalue weighted by molar-refractivity contribution is 0.277. The van der Waals surface area contributed by atoms with Crippen molar-refractivity contribution in [3.63, 3.8) is 0 Å². The molecule has 18 heavy (non-hydrogen) atoms. The molecule has 1 aromatic heterocycles. The zero-order valence-corrected chi connectivity index (χ0v) is 11.3. The first kappa shape index (κ1) is 13.5. The third kappa shape index (κ3) is 2.72. The summed E-state index contributed by atoms with van der Waals surface area (Å²) in [6.45, 7) is 3.99. The fraction of sp³-hybridized carbons (Fsp3) is 0.667. The lowest BCUT2D eigenvalue weighted by Gasteiger charge is -2.32. The highest BCUT2D eigenvalue weighted by Crippen LogP contribution is 2.38. The first-order chi connectivity index (χ1) is 8.63. The van der Waals surface area contributed by atoms with E-state index in [1.54, 1.807) is 6.20 Å². The van der Waals surface area contributed by atoms with E-state index in [1.807, 2.05) is 13.0 Å². The van der Waals surface area contributed by atoms with Crippen molar-refractivity contribution in [2.24, 2.45) is 11.7 Å². The van der Waals surface area contributed by atoms with Crippen LogP contribution in [0.4, 0.5) is 4.39 Å². The molecule has 2 nitrogen and oxygen atoms in total. The van der Waals surface area contributed by atoms with Gasteiger partial charge in [0.15, 0.2) is 0 Å². The molecule has 1 atom stereocenters. The highest BCUT2D eigenvalue weighted by atomic mass is 19.1. The van der Waals surface area contributed by atoms with E-state index in [-0.39, 0.29) is 5.95 Å². The minimum atomic E-state index is -0.320. The van der Waals surface area contributed by atoms with Gasteiger partial charge in [0, 0.05) is 17.8 Å². The van der Waals surface area contributed by atoms with Crippen LogP contribution in [0.25, 0.3) is 0 Å². The van der Waals surface area contributed by atoms with Crippen molar-refractivity contribution >= 4 is 0 Å². The van der Waals surface area contributed by atoms with Crippen LogP contribution in [0.3, 0.4) is 0 Å². The molecule has 1 heterocycles. The molecule has 0 radical (unpaired) electrons. The van der Waals surface area contributed by atoms with E-state index in [0.717, 1.165) is 30.4 Å². The van der Waals surface area contributed by atoms with Crippen LogP contribution < -0.4 is 5.73 Å². The van der Waals surface area contributed by atoms with Gasteiger partial charge in [0.05, 0.1) is 0 Å². The molecule has 2 rings (SSSR count). The van der Waals surface area contributed by atoms with Crippen LogP contribution in [-0.2, 0) is 0 Å². The quantitative estimate of drug-likeness (QED) is 0.833. The fourth-order valence-corrected chi connectivity index (χ4v) is 3.16. The van der Waals surface area contributed by atoms with Gasteiger partial charge in [-0.2, -0.15) is 4.39 Å². The lowest BCUT2D eigenvalue weighted by atomic mass is 9.75. The number of nitrogens with zero attached hydrogens (tertiary/aromatic N) is 1. The van der Waals surface area contributed by atoms with Crippen LogP contribution >= 0.6 is 0 Å². The van der Waals surface area contributed by atoms with Gasteiger partial charge in [-0.15, -0.1) is 0 Å². The van der Waals surface area contributed by atoms with Crippen molar-refractivity contribution in [3.8, 4) is 0 Å². The average Bonchev–Trinajstić information content (AvgIpc) is 2.41. The zero-order valence-electron chi connectivity index (χ0n) is 11.3. The molecule has 1 unspecified atom stereocenters. The maximum Gasteiger partial charge on any atom is 0.216 e. The summed E-state index contributed by atoms with van der Waals surface area (Å²) in [6, 6.07) is 2.31. The summed E-state index contributed by atoms with van der Waals surface area (Å²) in [5.41, 5.74) is 7.98. The van der Waals surface area contributed by atoms with Crippen molar-refractivity contribution in [1.29, 1.82) is 0 Å². The predicted octanol–water partition coefficient (Wildman–Crippen LogP) is 3.54. The molecule has 0 aliphatic heterocycles. The van der Waals surface area contributed by atoms with Gasteiger partial charge < -0.3 is 5.73 Å². The summed E-state index contributed by atoms with van der Waals surface area (Å²) < 4.78 is 13.5. The Bertz CT molecular complexity index is 397. The molecular formula is C15H23FN2. The molecule has 0 spiro atoms. The van der Waals surface area contributed by atoms with Crippen LogP contribution in [0.15, 0.2) is 12.3 Å². The van der Waals surface area contributed by atoms with Crippen molar-refractivity contribution in [2.45, 2.75) is 57.9 Å². The maximum absolute atomic E-state index is 13.5. The highest BCUT2D eigenvalue weighted by Gasteiger charge is 2.26. The fourth-order valence-electron chi connectivity index (χ4n) is 3.16. The van der Waals surface area contributed by atoms with E-state index in [0.29, 0.717) is 17.9 Å². The van der Waals surface area contributed by atoms with Crippen LogP contribution in [0.1, 0.15) is 56.1 Å². The summed E-state index contributed by atoms with van der Waals surface area (Å²) in [5, 5.41) is 0. The Morgan fingerprint density at radius 2 is 2.06 bits per heavy atom. The first-order valence-corrected chi connectivity index (χ1v) is 7.00. The van der Waals surface area contributed by atoms with Gasteiger partial charge in [-0.1, -0.05) is 6.92 Å². The number of hydrogen-bond donors (Lipinski definition) is 1. The van der Waals surface area contributed by atoms with E-state index in [1.165, 1.54) is 12.8 Å². The van der Waals surface area contributed by atoms with Crippen molar-refractivity contribution in [3.05, 3.63) is 29.3 Å². The second-order valence-electron chi connectivity index (χ2n) is 5.50. The Hall–Kier alpha value is -0.960. The largest absolute Gasteiger partial charge is 0.327 e. The third-order valence-electron chi connectivity index (χ3n) is 4.47.